The molecule has 82 valence electrons. The second-order valence-corrected chi connectivity index (χ2v) is 3.20. The lowest BCUT2D eigenvalue weighted by Gasteiger charge is -2.07. The van der Waals surface area contributed by atoms with Crippen LogP contribution in [0, 0.1) is 0 Å². The van der Waals surface area contributed by atoms with Gasteiger partial charge in [0.25, 0.3) is 5.97 Å². The van der Waals surface area contributed by atoms with E-state index in [2.05, 4.69) is 14.1 Å². The van der Waals surface area contributed by atoms with E-state index in [-0.39, 0.29) is 0 Å². The van der Waals surface area contributed by atoms with Crippen LogP contribution in [-0.2, 0) is 18.8 Å². The summed E-state index contributed by atoms with van der Waals surface area (Å²) >= 11 is 0. The maximum absolute atomic E-state index is 9.92. The van der Waals surface area contributed by atoms with Crippen molar-refractivity contribution in [3.8, 4) is 0 Å². The summed E-state index contributed by atoms with van der Waals surface area (Å²) in [5, 5.41) is 23.4. The minimum atomic E-state index is -3.66. The molecule has 0 aliphatic rings. The second kappa shape index (κ2) is 6.21. The molecule has 0 unspecified atom stereocenters. The Morgan fingerprint density at radius 2 is 1.46 bits per heavy atom. The van der Waals surface area contributed by atoms with E-state index in [9.17, 15) is 8.42 Å². The highest BCUT2D eigenvalue weighted by molar-refractivity contribution is 7.81. The van der Waals surface area contributed by atoms with Gasteiger partial charge in [-0.2, -0.15) is 8.42 Å². The van der Waals surface area contributed by atoms with Crippen molar-refractivity contribution < 1.29 is 32.1 Å². The van der Waals surface area contributed by atoms with Crippen molar-refractivity contribution in [1.82, 2.24) is 0 Å². The van der Waals surface area contributed by atoms with Crippen LogP contribution in [0.25, 0.3) is 0 Å². The Morgan fingerprint density at radius 3 is 1.46 bits per heavy atom. The monoisotopic (exact) mass is 219 g/mol. The van der Waals surface area contributed by atoms with E-state index in [4.69, 9.17) is 15.3 Å². The quantitative estimate of drug-likeness (QED) is 0.371. The van der Waals surface area contributed by atoms with Crippen molar-refractivity contribution in [1.29, 1.82) is 0 Å². The van der Waals surface area contributed by atoms with Crippen LogP contribution >= 0.6 is 0 Å². The van der Waals surface area contributed by atoms with E-state index in [1.54, 1.807) is 0 Å². The molecule has 0 aliphatic carbocycles. The van der Waals surface area contributed by atoms with Crippen molar-refractivity contribution in [2.45, 2.75) is 5.97 Å². The highest BCUT2D eigenvalue weighted by atomic mass is 32.3. The Labute approximate surface area is 75.8 Å². The molecule has 0 radical (unpaired) electrons. The van der Waals surface area contributed by atoms with E-state index >= 15 is 0 Å². The third kappa shape index (κ3) is 14.6. The van der Waals surface area contributed by atoms with Crippen LogP contribution in [0.3, 0.4) is 0 Å². The number of nitrogens with two attached hydrogens (primary N) is 1. The Bertz CT molecular complexity index is 195. The van der Waals surface area contributed by atoms with Crippen LogP contribution in [0.2, 0.25) is 0 Å². The van der Waals surface area contributed by atoms with Gasteiger partial charge in [0.15, 0.2) is 0 Å². The average Bonchev–Trinajstić information content (AvgIpc) is 2.04. The van der Waals surface area contributed by atoms with Gasteiger partial charge in [-0.1, -0.05) is 0 Å². The second-order valence-electron chi connectivity index (χ2n) is 1.72. The first-order valence-electron chi connectivity index (χ1n) is 2.92. The van der Waals surface area contributed by atoms with Gasteiger partial charge in [-0.3, -0.25) is 8.37 Å². The zero-order valence-corrected chi connectivity index (χ0v) is 7.98. The molecule has 5 N–H and O–H groups in total. The van der Waals surface area contributed by atoms with Crippen LogP contribution in [0.15, 0.2) is 0 Å². The predicted octanol–water partition coefficient (Wildman–Crippen LogP) is -2.90. The van der Waals surface area contributed by atoms with E-state index in [1.165, 1.54) is 0 Å². The number of hydrogen-bond acceptors (Lipinski definition) is 8. The highest BCUT2D eigenvalue weighted by Gasteiger charge is 2.12. The van der Waals surface area contributed by atoms with Gasteiger partial charge in [0.1, 0.15) is 0 Å². The normalized spacial score (nSPS) is 11.8. The molecule has 0 atom stereocenters. The molecule has 0 saturated heterocycles. The van der Waals surface area contributed by atoms with Crippen LogP contribution < -0.4 is 5.73 Å². The first-order chi connectivity index (χ1) is 5.68. The number of hydrogen-bond donors (Lipinski definition) is 4. The molecule has 9 heteroatoms. The van der Waals surface area contributed by atoms with Crippen molar-refractivity contribution in [2.24, 2.45) is 5.73 Å². The Morgan fingerprint density at radius 1 is 1.23 bits per heavy atom. The third-order valence-corrected chi connectivity index (χ3v) is 1.50. The first kappa shape index (κ1) is 15.2. The van der Waals surface area contributed by atoms with Crippen molar-refractivity contribution in [3.05, 3.63) is 0 Å². The summed E-state index contributed by atoms with van der Waals surface area (Å²) < 4.78 is 27.5. The Kier molecular flexibility index (Phi) is 7.26. The zero-order chi connectivity index (χ0) is 11.1. The summed E-state index contributed by atoms with van der Waals surface area (Å²) in [4.78, 5) is 0. The molecule has 0 aromatic heterocycles. The fraction of sp³-hybridized carbons (Fsp3) is 1.00. The maximum atomic E-state index is 9.92. The van der Waals surface area contributed by atoms with E-state index in [0.29, 0.717) is 0 Å². The molecule has 0 saturated carbocycles. The van der Waals surface area contributed by atoms with E-state index in [1.807, 2.05) is 0 Å². The Hall–Kier alpha value is -0.290. The van der Waals surface area contributed by atoms with Gasteiger partial charge >= 0.3 is 10.4 Å². The summed E-state index contributed by atoms with van der Waals surface area (Å²) in [5.41, 5.74) is 4.56. The summed E-state index contributed by atoms with van der Waals surface area (Å²) in [7, 11) is -1.60. The van der Waals surface area contributed by atoms with Gasteiger partial charge in [-0.25, -0.2) is 0 Å². The lowest BCUT2D eigenvalue weighted by atomic mass is 10.6. The molecular weight excluding hydrogens is 206 g/mol. The van der Waals surface area contributed by atoms with Gasteiger partial charge in [0.05, 0.1) is 20.8 Å². The molecule has 0 aromatic rings. The van der Waals surface area contributed by atoms with Crippen LogP contribution in [0.4, 0.5) is 0 Å². The third-order valence-electron chi connectivity index (χ3n) is 0.682. The average molecular weight is 219 g/mol. The largest absolute Gasteiger partial charge is 0.399 e. The molecule has 0 aromatic carbocycles. The molecule has 0 heterocycles. The van der Waals surface area contributed by atoms with E-state index < -0.39 is 22.9 Å². The van der Waals surface area contributed by atoms with Gasteiger partial charge < -0.3 is 21.1 Å². The molecule has 0 spiro atoms. The predicted molar refractivity (Wildman–Crippen MR) is 41.4 cm³/mol. The zero-order valence-electron chi connectivity index (χ0n) is 7.17. The maximum Gasteiger partial charge on any atom is 0.399 e. The molecule has 0 aliphatic heterocycles. The summed E-state index contributed by atoms with van der Waals surface area (Å²) in [6.45, 7) is -0.562. The Balaban J connectivity index is 0. The van der Waals surface area contributed by atoms with Gasteiger partial charge in [0, 0.05) is 0 Å². The standard InChI is InChI=1S/C2H7NO3.C2H6O4S/c3-1-2(4,5)6;1-5-7(3,4)6-2/h4-6H,1,3H2;1-2H3. The van der Waals surface area contributed by atoms with Crippen LogP contribution in [0.5, 0.6) is 0 Å². The topological polar surface area (TPSA) is 139 Å². The fourth-order valence-electron chi connectivity index (χ4n) is 0.0680. The molecule has 0 fully saturated rings. The van der Waals surface area contributed by atoms with Crippen molar-refractivity contribution in [2.75, 3.05) is 20.8 Å². The molecule has 0 rings (SSSR count). The summed E-state index contributed by atoms with van der Waals surface area (Å²) in [5.74, 6) is -2.68. The number of aliphatic hydroxyl groups is 3. The lowest BCUT2D eigenvalue weighted by molar-refractivity contribution is -0.302. The lowest BCUT2D eigenvalue weighted by Crippen LogP contribution is -2.36. The number of rotatable bonds is 3. The summed E-state index contributed by atoms with van der Waals surface area (Å²) in [6.07, 6.45) is 0. The van der Waals surface area contributed by atoms with Gasteiger partial charge in [-0.15, -0.1) is 0 Å². The SMILES string of the molecule is COS(=O)(=O)OC.NCC(O)(O)O. The van der Waals surface area contributed by atoms with Gasteiger partial charge in [-0.05, 0) is 0 Å². The minimum absolute atomic E-state index is 0.562. The summed E-state index contributed by atoms with van der Waals surface area (Å²) in [6, 6.07) is 0. The fourth-order valence-corrected chi connectivity index (χ4v) is 0.204. The van der Waals surface area contributed by atoms with Crippen molar-refractivity contribution >= 4 is 10.4 Å². The van der Waals surface area contributed by atoms with Crippen LogP contribution in [-0.4, -0.2) is 50.5 Å². The smallest absolute Gasteiger partial charge is 0.343 e. The van der Waals surface area contributed by atoms with E-state index in [0.717, 1.165) is 14.2 Å². The molecule has 0 amide bonds. The highest BCUT2D eigenvalue weighted by Crippen LogP contribution is 1.85. The minimum Gasteiger partial charge on any atom is -0.343 e. The van der Waals surface area contributed by atoms with Crippen LogP contribution in [0.1, 0.15) is 0 Å². The molecule has 0 bridgehead atoms. The first-order valence-corrected chi connectivity index (χ1v) is 4.25. The van der Waals surface area contributed by atoms with Crippen molar-refractivity contribution in [3.63, 3.8) is 0 Å². The molecular formula is C4H13NO7S. The molecule has 13 heavy (non-hydrogen) atoms. The van der Waals surface area contributed by atoms with Gasteiger partial charge in [0.2, 0.25) is 0 Å². The molecule has 8 nitrogen and oxygen atoms in total.